The molecule has 4 rings (SSSR count). The van der Waals surface area contributed by atoms with Crippen LogP contribution in [0.3, 0.4) is 0 Å². The Morgan fingerprint density at radius 2 is 1.38 bits per heavy atom. The molecule has 1 aliphatic rings. The summed E-state index contributed by atoms with van der Waals surface area (Å²) < 4.78 is 0. The van der Waals surface area contributed by atoms with E-state index in [2.05, 4.69) is 24.3 Å². The molecule has 0 N–H and O–H groups in total. The Balaban J connectivity index is 1.64. The highest BCUT2D eigenvalue weighted by Gasteiger charge is 2.38. The van der Waals surface area contributed by atoms with Crippen molar-refractivity contribution in [3.8, 4) is 0 Å². The SMILES string of the molecule is O=C(C[C@@H](c1ccccc1)[C@H]1CCC[C@H](c2ccccc2)C1=O)c1ccccc1. The first-order chi connectivity index (χ1) is 14.2. The van der Waals surface area contributed by atoms with Crippen LogP contribution in [0.25, 0.3) is 0 Å². The zero-order valence-corrected chi connectivity index (χ0v) is 16.5. The van der Waals surface area contributed by atoms with E-state index in [0.717, 1.165) is 36.0 Å². The second-order valence-corrected chi connectivity index (χ2v) is 7.91. The third kappa shape index (κ3) is 4.37. The maximum atomic E-state index is 13.5. The summed E-state index contributed by atoms with van der Waals surface area (Å²) >= 11 is 0. The summed E-state index contributed by atoms with van der Waals surface area (Å²) in [5.74, 6) is 0.131. The van der Waals surface area contributed by atoms with E-state index >= 15 is 0 Å². The Bertz CT molecular complexity index is 948. The van der Waals surface area contributed by atoms with E-state index in [4.69, 9.17) is 0 Å². The summed E-state index contributed by atoms with van der Waals surface area (Å²) in [6.07, 6.45) is 3.13. The molecule has 0 unspecified atom stereocenters. The zero-order chi connectivity index (χ0) is 20.1. The smallest absolute Gasteiger partial charge is 0.163 e. The van der Waals surface area contributed by atoms with Gasteiger partial charge in [-0.25, -0.2) is 0 Å². The molecular formula is C27H26O2. The first kappa shape index (κ1) is 19.3. The number of rotatable bonds is 6. The number of Topliss-reactive ketones (excluding diaryl/α,β-unsaturated/α-hetero) is 2. The highest BCUT2D eigenvalue weighted by molar-refractivity contribution is 5.97. The molecule has 146 valence electrons. The molecule has 1 saturated carbocycles. The van der Waals surface area contributed by atoms with Crippen molar-refractivity contribution >= 4 is 11.6 Å². The Kier molecular flexibility index (Phi) is 6.00. The number of ketones is 2. The monoisotopic (exact) mass is 382 g/mol. The third-order valence-electron chi connectivity index (χ3n) is 6.13. The predicted molar refractivity (Wildman–Crippen MR) is 116 cm³/mol. The van der Waals surface area contributed by atoms with Crippen LogP contribution in [0.1, 0.15) is 59.0 Å². The Morgan fingerprint density at radius 1 is 0.793 bits per heavy atom. The number of carbonyl (C=O) groups is 2. The lowest BCUT2D eigenvalue weighted by Gasteiger charge is -2.33. The Morgan fingerprint density at radius 3 is 2.03 bits per heavy atom. The van der Waals surface area contributed by atoms with Crippen molar-refractivity contribution < 1.29 is 9.59 Å². The predicted octanol–water partition coefficient (Wildman–Crippen LogP) is 6.20. The number of carbonyl (C=O) groups excluding carboxylic acids is 2. The molecule has 2 heteroatoms. The summed E-state index contributed by atoms with van der Waals surface area (Å²) in [6.45, 7) is 0. The van der Waals surface area contributed by atoms with E-state index in [-0.39, 0.29) is 29.3 Å². The van der Waals surface area contributed by atoms with Crippen molar-refractivity contribution in [3.05, 3.63) is 108 Å². The third-order valence-corrected chi connectivity index (χ3v) is 6.13. The van der Waals surface area contributed by atoms with Crippen molar-refractivity contribution in [2.24, 2.45) is 5.92 Å². The molecule has 29 heavy (non-hydrogen) atoms. The van der Waals surface area contributed by atoms with Gasteiger partial charge >= 0.3 is 0 Å². The highest BCUT2D eigenvalue weighted by atomic mass is 16.1. The fraction of sp³-hybridized carbons (Fsp3) is 0.259. The largest absolute Gasteiger partial charge is 0.299 e. The van der Waals surface area contributed by atoms with Gasteiger partial charge in [0, 0.05) is 29.7 Å². The van der Waals surface area contributed by atoms with Crippen LogP contribution in [-0.2, 0) is 4.79 Å². The lowest BCUT2D eigenvalue weighted by atomic mass is 9.68. The summed E-state index contributed by atoms with van der Waals surface area (Å²) in [5, 5.41) is 0. The summed E-state index contributed by atoms with van der Waals surface area (Å²) in [4.78, 5) is 26.6. The van der Waals surface area contributed by atoms with Crippen LogP contribution in [0.2, 0.25) is 0 Å². The van der Waals surface area contributed by atoms with E-state index in [1.807, 2.05) is 66.7 Å². The van der Waals surface area contributed by atoms with E-state index < -0.39 is 0 Å². The van der Waals surface area contributed by atoms with E-state index in [1.54, 1.807) is 0 Å². The van der Waals surface area contributed by atoms with Gasteiger partial charge in [0.05, 0.1) is 0 Å². The quantitative estimate of drug-likeness (QED) is 0.476. The molecule has 3 aromatic carbocycles. The molecule has 0 aliphatic heterocycles. The molecule has 0 radical (unpaired) electrons. The minimum absolute atomic E-state index is 0.0620. The molecule has 0 bridgehead atoms. The van der Waals surface area contributed by atoms with Crippen molar-refractivity contribution in [2.45, 2.75) is 37.5 Å². The van der Waals surface area contributed by atoms with Crippen LogP contribution >= 0.6 is 0 Å². The van der Waals surface area contributed by atoms with Crippen molar-refractivity contribution in [1.82, 2.24) is 0 Å². The second kappa shape index (κ2) is 9.00. The first-order valence-corrected chi connectivity index (χ1v) is 10.5. The minimum Gasteiger partial charge on any atom is -0.299 e. The Labute approximate surface area is 172 Å². The topological polar surface area (TPSA) is 34.1 Å². The first-order valence-electron chi connectivity index (χ1n) is 10.5. The van der Waals surface area contributed by atoms with E-state index in [1.165, 1.54) is 0 Å². The summed E-state index contributed by atoms with van der Waals surface area (Å²) in [7, 11) is 0. The van der Waals surface area contributed by atoms with Gasteiger partial charge in [0.25, 0.3) is 0 Å². The number of hydrogen-bond acceptors (Lipinski definition) is 2. The van der Waals surface area contributed by atoms with Crippen molar-refractivity contribution in [2.75, 3.05) is 0 Å². The van der Waals surface area contributed by atoms with Gasteiger partial charge in [0.15, 0.2) is 5.78 Å². The molecule has 2 nitrogen and oxygen atoms in total. The molecule has 0 aromatic heterocycles. The molecule has 1 fully saturated rings. The second-order valence-electron chi connectivity index (χ2n) is 7.91. The van der Waals surface area contributed by atoms with Crippen LogP contribution in [0, 0.1) is 5.92 Å². The molecule has 0 heterocycles. The molecular weight excluding hydrogens is 356 g/mol. The molecule has 0 spiro atoms. The highest BCUT2D eigenvalue weighted by Crippen LogP contribution is 2.42. The maximum absolute atomic E-state index is 13.5. The van der Waals surface area contributed by atoms with Gasteiger partial charge in [-0.1, -0.05) is 97.4 Å². The molecule has 0 amide bonds. The average Bonchev–Trinajstić information content (AvgIpc) is 2.79. The van der Waals surface area contributed by atoms with Gasteiger partial charge < -0.3 is 0 Å². The minimum atomic E-state index is -0.121. The van der Waals surface area contributed by atoms with Crippen LogP contribution in [0.5, 0.6) is 0 Å². The van der Waals surface area contributed by atoms with Gasteiger partial charge in [-0.05, 0) is 24.0 Å². The fourth-order valence-electron chi connectivity index (χ4n) is 4.63. The van der Waals surface area contributed by atoms with Gasteiger partial charge in [-0.15, -0.1) is 0 Å². The average molecular weight is 383 g/mol. The van der Waals surface area contributed by atoms with Crippen molar-refractivity contribution in [1.29, 1.82) is 0 Å². The molecule has 1 aliphatic carbocycles. The molecule has 3 atom stereocenters. The summed E-state index contributed by atoms with van der Waals surface area (Å²) in [5.41, 5.74) is 2.91. The maximum Gasteiger partial charge on any atom is 0.163 e. The van der Waals surface area contributed by atoms with Crippen LogP contribution in [0.4, 0.5) is 0 Å². The number of benzene rings is 3. The van der Waals surface area contributed by atoms with Crippen LogP contribution in [-0.4, -0.2) is 11.6 Å². The van der Waals surface area contributed by atoms with E-state index in [9.17, 15) is 9.59 Å². The van der Waals surface area contributed by atoms with E-state index in [0.29, 0.717) is 6.42 Å². The van der Waals surface area contributed by atoms with Gasteiger partial charge in [-0.2, -0.15) is 0 Å². The van der Waals surface area contributed by atoms with Gasteiger partial charge in [0.1, 0.15) is 5.78 Å². The van der Waals surface area contributed by atoms with Crippen LogP contribution < -0.4 is 0 Å². The Hall–Kier alpha value is -3.00. The molecule has 3 aromatic rings. The zero-order valence-electron chi connectivity index (χ0n) is 16.5. The van der Waals surface area contributed by atoms with Gasteiger partial charge in [0.2, 0.25) is 0 Å². The summed E-state index contributed by atoms with van der Waals surface area (Å²) in [6, 6.07) is 29.6. The fourth-order valence-corrected chi connectivity index (χ4v) is 4.63. The van der Waals surface area contributed by atoms with Gasteiger partial charge in [-0.3, -0.25) is 9.59 Å². The lowest BCUT2D eigenvalue weighted by molar-refractivity contribution is -0.127. The molecule has 0 saturated heterocycles. The normalized spacial score (nSPS) is 20.2. The number of hydrogen-bond donors (Lipinski definition) is 0. The van der Waals surface area contributed by atoms with Crippen molar-refractivity contribution in [3.63, 3.8) is 0 Å². The lowest BCUT2D eigenvalue weighted by Crippen LogP contribution is -2.32. The standard InChI is InChI=1S/C27H26O2/c28-26(22-15-8-3-9-16-22)19-25(21-13-6-2-7-14-21)24-18-10-17-23(27(24)29)20-11-4-1-5-12-20/h1-9,11-16,23-25H,10,17-19H2/t23-,24-,25+/m1/s1. The van der Waals surface area contributed by atoms with Crippen LogP contribution in [0.15, 0.2) is 91.0 Å².